The smallest absolute Gasteiger partial charge is 0.0792 e. The second-order valence-corrected chi connectivity index (χ2v) is 14.0. The second kappa shape index (κ2) is 18.9. The number of benzene rings is 6. The number of rotatable bonds is 8. The first-order valence-corrected chi connectivity index (χ1v) is 20.3. The summed E-state index contributed by atoms with van der Waals surface area (Å²) in [7, 11) is 1.72. The van der Waals surface area contributed by atoms with Gasteiger partial charge in [-0.1, -0.05) is 153 Å². The molecule has 0 aliphatic carbocycles. The van der Waals surface area contributed by atoms with E-state index in [1.54, 1.807) is 13.3 Å². The van der Waals surface area contributed by atoms with Gasteiger partial charge in [0.1, 0.15) is 0 Å². The fourth-order valence-corrected chi connectivity index (χ4v) is 8.35. The van der Waals surface area contributed by atoms with Crippen molar-refractivity contribution in [3.05, 3.63) is 175 Å². The minimum Gasteiger partial charge on any atom is -0.404 e. The maximum absolute atomic E-state index is 6.09. The van der Waals surface area contributed by atoms with E-state index in [2.05, 4.69) is 143 Å². The Hall–Kier alpha value is -6.12. The molecule has 0 aliphatic rings. The Bertz CT molecular complexity index is 2960. The molecule has 58 heavy (non-hydrogen) atoms. The largest absolute Gasteiger partial charge is 0.404 e. The average Bonchev–Trinajstić information content (AvgIpc) is 3.92. The van der Waals surface area contributed by atoms with E-state index in [1.807, 2.05) is 62.4 Å². The number of nitrogens with two attached hydrogens (primary N) is 3. The Balaban J connectivity index is 0.000000240. The maximum Gasteiger partial charge on any atom is 0.0792 e. The van der Waals surface area contributed by atoms with E-state index >= 15 is 0 Å². The predicted molar refractivity (Wildman–Crippen MR) is 259 cm³/mol. The number of nitrogens with zero attached hydrogens (tertiary/aromatic N) is 3. The van der Waals surface area contributed by atoms with Gasteiger partial charge in [-0.3, -0.25) is 10.1 Å². The van der Waals surface area contributed by atoms with Crippen molar-refractivity contribution in [3.8, 4) is 0 Å². The molecule has 0 amide bonds. The SMILES string of the molecule is C=C/C=C(/C)CCn1c2ccccc2c2c3ccccc3c3c4cccc5c6cccc(C)c6n(c54)c3c21.CC.CN=C/C=C\C(=C\N)C(N)c1ccccc1.NS. The van der Waals surface area contributed by atoms with Crippen molar-refractivity contribution < 1.29 is 0 Å². The van der Waals surface area contributed by atoms with Crippen molar-refractivity contribution in [3.63, 3.8) is 0 Å². The molecule has 0 fully saturated rings. The van der Waals surface area contributed by atoms with E-state index in [0.717, 1.165) is 24.1 Å². The zero-order chi connectivity index (χ0) is 41.3. The number of fused-ring (bicyclic) bond motifs is 13. The van der Waals surface area contributed by atoms with Crippen molar-refractivity contribution >= 4 is 89.7 Å². The maximum atomic E-state index is 6.09. The van der Waals surface area contributed by atoms with Crippen LogP contribution in [0.25, 0.3) is 70.7 Å². The van der Waals surface area contributed by atoms with Crippen LogP contribution in [0.15, 0.2) is 168 Å². The first kappa shape index (κ1) is 41.5. The minimum atomic E-state index is -0.201. The number of thiol groups is 1. The van der Waals surface area contributed by atoms with Gasteiger partial charge in [0.25, 0.3) is 0 Å². The molecular formula is C51H54N6S. The second-order valence-electron chi connectivity index (χ2n) is 14.0. The van der Waals surface area contributed by atoms with Gasteiger partial charge in [-0.15, -0.1) is 12.8 Å². The number of aryl methyl sites for hydroxylation is 2. The molecule has 0 saturated carbocycles. The van der Waals surface area contributed by atoms with Crippen molar-refractivity contribution in [1.29, 1.82) is 0 Å². The van der Waals surface area contributed by atoms with Crippen molar-refractivity contribution in [1.82, 2.24) is 8.97 Å². The van der Waals surface area contributed by atoms with E-state index in [9.17, 15) is 0 Å². The van der Waals surface area contributed by atoms with Crippen LogP contribution in [0.4, 0.5) is 0 Å². The highest BCUT2D eigenvalue weighted by atomic mass is 32.1. The summed E-state index contributed by atoms with van der Waals surface area (Å²) in [6.07, 6.45) is 11.9. The highest BCUT2D eigenvalue weighted by Gasteiger charge is 2.25. The zero-order valence-electron chi connectivity index (χ0n) is 34.2. The van der Waals surface area contributed by atoms with Gasteiger partial charge in [0.15, 0.2) is 0 Å². The molecule has 3 aromatic heterocycles. The fourth-order valence-electron chi connectivity index (χ4n) is 8.35. The average molecular weight is 783 g/mol. The molecule has 7 heteroatoms. The summed E-state index contributed by atoms with van der Waals surface area (Å²) in [5.41, 5.74) is 22.8. The van der Waals surface area contributed by atoms with E-state index in [0.29, 0.717) is 0 Å². The van der Waals surface area contributed by atoms with Gasteiger partial charge in [-0.25, -0.2) is 0 Å². The molecule has 9 aromatic rings. The molecule has 294 valence electrons. The quantitative estimate of drug-likeness (QED) is 0.0701. The predicted octanol–water partition coefficient (Wildman–Crippen LogP) is 12.5. The van der Waals surface area contributed by atoms with Gasteiger partial charge in [0.05, 0.1) is 28.1 Å². The Labute approximate surface area is 347 Å². The van der Waals surface area contributed by atoms with Gasteiger partial charge in [0.2, 0.25) is 0 Å². The fraction of sp³-hybridized carbons (Fsp3) is 0.157. The van der Waals surface area contributed by atoms with Crippen LogP contribution in [-0.4, -0.2) is 22.2 Å². The van der Waals surface area contributed by atoms with Gasteiger partial charge in [-0.05, 0) is 66.1 Å². The molecule has 0 radical (unpaired) electrons. The number of hydrogen-bond donors (Lipinski definition) is 4. The highest BCUT2D eigenvalue weighted by Crippen LogP contribution is 2.48. The molecule has 6 aromatic carbocycles. The summed E-state index contributed by atoms with van der Waals surface area (Å²) in [5.74, 6) is 0. The molecule has 0 bridgehead atoms. The number of para-hydroxylation sites is 3. The standard InChI is InChI=1S/C36H28N2.C13H17N3.C2H6.H3NS/c1-4-11-22(2)20-21-37-30-19-8-7-15-28(30)31-24-13-5-6-14-25(24)32-29-18-10-17-27-26-16-9-12-23(3)33(26)38(34(27)29)36(32)35(31)37;1-16-9-5-8-12(10-14)13(15)11-6-3-2-4-7-11;2*1-2/h4-19H,1,20-21H2,2-3H3;2-10,13H,14-15H2,1H3;1-2H3;2H,1H2/b22-11-;8-5-,12-10-,16-9?;;. The molecule has 3 heterocycles. The number of allylic oxidation sites excluding steroid dienone is 4. The van der Waals surface area contributed by atoms with Gasteiger partial charge in [-0.2, -0.15) is 0 Å². The molecule has 6 N–H and O–H groups in total. The lowest BCUT2D eigenvalue weighted by Crippen LogP contribution is -2.13. The molecule has 9 rings (SSSR count). The van der Waals surface area contributed by atoms with E-state index in [1.165, 1.54) is 88.0 Å². The highest BCUT2D eigenvalue weighted by molar-refractivity contribution is 7.77. The summed E-state index contributed by atoms with van der Waals surface area (Å²) < 4.78 is 5.17. The van der Waals surface area contributed by atoms with Crippen molar-refractivity contribution in [2.24, 2.45) is 21.6 Å². The lowest BCUT2D eigenvalue weighted by atomic mass is 9.98. The van der Waals surface area contributed by atoms with Crippen molar-refractivity contribution in [2.75, 3.05) is 7.05 Å². The molecular weight excluding hydrogens is 729 g/mol. The zero-order valence-corrected chi connectivity index (χ0v) is 35.0. The third-order valence-electron chi connectivity index (χ3n) is 10.8. The Kier molecular flexibility index (Phi) is 13.5. The monoisotopic (exact) mass is 782 g/mol. The first-order chi connectivity index (χ1) is 28.5. The Morgan fingerprint density at radius 2 is 1.29 bits per heavy atom. The Morgan fingerprint density at radius 3 is 1.95 bits per heavy atom. The minimum absolute atomic E-state index is 0.201. The molecule has 0 aliphatic heterocycles. The number of hydrogen-bond acceptors (Lipinski definition) is 5. The molecule has 1 atom stereocenters. The Morgan fingerprint density at radius 1 is 0.724 bits per heavy atom. The molecule has 0 saturated heterocycles. The van der Waals surface area contributed by atoms with E-state index in [-0.39, 0.29) is 6.04 Å². The molecule has 6 nitrogen and oxygen atoms in total. The van der Waals surface area contributed by atoms with Gasteiger partial charge < -0.3 is 20.4 Å². The normalized spacial score (nSPS) is 12.8. The van der Waals surface area contributed by atoms with Crippen LogP contribution in [0, 0.1) is 6.92 Å². The van der Waals surface area contributed by atoms with Crippen LogP contribution in [0.1, 0.15) is 44.4 Å². The molecule has 1 unspecified atom stereocenters. The molecule has 0 spiro atoms. The van der Waals surface area contributed by atoms with Crippen molar-refractivity contribution in [2.45, 2.75) is 46.7 Å². The number of aliphatic imine (C=N–C) groups is 1. The summed E-state index contributed by atoms with van der Waals surface area (Å²) in [5, 5.41) is 14.9. The van der Waals surface area contributed by atoms with Crippen LogP contribution in [-0.2, 0) is 6.54 Å². The number of aromatic nitrogens is 2. The topological polar surface area (TPSA) is 99.8 Å². The van der Waals surface area contributed by atoms with E-state index in [4.69, 9.17) is 11.5 Å². The van der Waals surface area contributed by atoms with Crippen LogP contribution in [0.2, 0.25) is 0 Å². The van der Waals surface area contributed by atoms with E-state index < -0.39 is 0 Å². The lowest BCUT2D eigenvalue weighted by Gasteiger charge is -2.12. The third kappa shape index (κ3) is 7.40. The van der Waals surface area contributed by atoms with Gasteiger partial charge in [0, 0.05) is 57.6 Å². The lowest BCUT2D eigenvalue weighted by molar-refractivity contribution is 0.740. The summed E-state index contributed by atoms with van der Waals surface area (Å²) in [6.45, 7) is 13.3. The van der Waals surface area contributed by atoms with Gasteiger partial charge >= 0.3 is 0 Å². The van der Waals surface area contributed by atoms with Crippen LogP contribution in [0.3, 0.4) is 0 Å². The van der Waals surface area contributed by atoms with Crippen LogP contribution < -0.4 is 16.6 Å². The summed E-state index contributed by atoms with van der Waals surface area (Å²) in [4.78, 5) is 3.85. The van der Waals surface area contributed by atoms with Crippen LogP contribution in [0.5, 0.6) is 0 Å². The summed E-state index contributed by atoms with van der Waals surface area (Å²) in [6, 6.07) is 41.2. The van der Waals surface area contributed by atoms with Crippen LogP contribution >= 0.6 is 12.8 Å². The first-order valence-electron chi connectivity index (χ1n) is 19.8. The summed E-state index contributed by atoms with van der Waals surface area (Å²) >= 11 is 3.03. The third-order valence-corrected chi connectivity index (χ3v) is 10.8.